The number of piperidine rings is 1. The zero-order chi connectivity index (χ0) is 15.7. The van der Waals surface area contributed by atoms with Gasteiger partial charge in [0.15, 0.2) is 0 Å². The van der Waals surface area contributed by atoms with Gasteiger partial charge in [0.1, 0.15) is 0 Å². The van der Waals surface area contributed by atoms with Gasteiger partial charge in [-0.2, -0.15) is 11.3 Å². The van der Waals surface area contributed by atoms with Crippen molar-refractivity contribution in [1.82, 2.24) is 14.9 Å². The Hall–Kier alpha value is -1.95. The van der Waals surface area contributed by atoms with E-state index in [1.807, 2.05) is 27.8 Å². The molecule has 0 bridgehead atoms. The van der Waals surface area contributed by atoms with E-state index in [4.69, 9.17) is 0 Å². The smallest absolute Gasteiger partial charge is 0.254 e. The molecule has 2 aromatic heterocycles. The number of rotatable bonds is 2. The van der Waals surface area contributed by atoms with Gasteiger partial charge >= 0.3 is 0 Å². The Morgan fingerprint density at radius 2 is 2.04 bits per heavy atom. The minimum atomic E-state index is 0.180. The predicted molar refractivity (Wildman–Crippen MR) is 90.8 cm³/mol. The van der Waals surface area contributed by atoms with Gasteiger partial charge in [-0.1, -0.05) is 0 Å². The molecule has 0 radical (unpaired) electrons. The highest BCUT2D eigenvalue weighted by Crippen LogP contribution is 2.40. The highest BCUT2D eigenvalue weighted by molar-refractivity contribution is 7.08. The fourth-order valence-corrected chi connectivity index (χ4v) is 4.47. The number of carbonyl (C=O) groups excluding carboxylic acids is 1. The molecule has 120 valence electrons. The average molecular weight is 328 g/mol. The molecule has 2 saturated heterocycles. The summed E-state index contributed by atoms with van der Waals surface area (Å²) in [5.74, 6) is 0.991. The number of carbonyl (C=O) groups is 1. The van der Waals surface area contributed by atoms with E-state index in [1.54, 1.807) is 23.7 Å². The second kappa shape index (κ2) is 5.92. The molecule has 0 aliphatic carbocycles. The van der Waals surface area contributed by atoms with E-state index < -0.39 is 0 Å². The van der Waals surface area contributed by atoms with Crippen LogP contribution in [0, 0.1) is 5.41 Å². The first-order valence-corrected chi connectivity index (χ1v) is 9.04. The zero-order valence-corrected chi connectivity index (χ0v) is 13.8. The Kier molecular flexibility index (Phi) is 3.77. The molecule has 1 unspecified atom stereocenters. The van der Waals surface area contributed by atoms with E-state index in [0.29, 0.717) is 0 Å². The third-order valence-electron chi connectivity index (χ3n) is 4.99. The molecule has 4 heterocycles. The van der Waals surface area contributed by atoms with Crippen molar-refractivity contribution in [1.29, 1.82) is 0 Å². The number of hydrogen-bond donors (Lipinski definition) is 0. The first kappa shape index (κ1) is 14.6. The minimum absolute atomic E-state index is 0.180. The molecule has 2 fully saturated rings. The first-order chi connectivity index (χ1) is 11.3. The van der Waals surface area contributed by atoms with Gasteiger partial charge < -0.3 is 9.80 Å². The van der Waals surface area contributed by atoms with Gasteiger partial charge in [-0.25, -0.2) is 9.97 Å². The largest absolute Gasteiger partial charge is 0.340 e. The predicted octanol–water partition coefficient (Wildman–Crippen LogP) is 2.67. The third-order valence-corrected chi connectivity index (χ3v) is 5.67. The maximum absolute atomic E-state index is 12.6. The molecule has 2 aromatic rings. The van der Waals surface area contributed by atoms with Gasteiger partial charge in [-0.05, 0) is 36.8 Å². The zero-order valence-electron chi connectivity index (χ0n) is 13.0. The van der Waals surface area contributed by atoms with Crippen LogP contribution in [0.2, 0.25) is 0 Å². The van der Waals surface area contributed by atoms with Crippen LogP contribution in [0.25, 0.3) is 0 Å². The maximum atomic E-state index is 12.6. The molecule has 4 rings (SSSR count). The van der Waals surface area contributed by atoms with Gasteiger partial charge in [-0.3, -0.25) is 4.79 Å². The summed E-state index contributed by atoms with van der Waals surface area (Å²) >= 11 is 1.58. The topological polar surface area (TPSA) is 49.3 Å². The molecule has 1 spiro atoms. The summed E-state index contributed by atoms with van der Waals surface area (Å²) in [6.45, 7) is 3.65. The van der Waals surface area contributed by atoms with Crippen molar-refractivity contribution >= 4 is 23.2 Å². The summed E-state index contributed by atoms with van der Waals surface area (Å²) in [6, 6.07) is 3.77. The lowest BCUT2D eigenvalue weighted by molar-refractivity contribution is 0.0557. The lowest BCUT2D eigenvalue weighted by Crippen LogP contribution is -2.47. The van der Waals surface area contributed by atoms with Crippen LogP contribution in [0.15, 0.2) is 35.3 Å². The van der Waals surface area contributed by atoms with Crippen LogP contribution in [0.4, 0.5) is 5.95 Å². The van der Waals surface area contributed by atoms with E-state index in [-0.39, 0.29) is 11.3 Å². The van der Waals surface area contributed by atoms with Crippen LogP contribution >= 0.6 is 11.3 Å². The molecule has 1 atom stereocenters. The van der Waals surface area contributed by atoms with Crippen LogP contribution in [-0.4, -0.2) is 47.0 Å². The van der Waals surface area contributed by atoms with Crippen LogP contribution < -0.4 is 4.90 Å². The van der Waals surface area contributed by atoms with Gasteiger partial charge in [0, 0.05) is 49.4 Å². The van der Waals surface area contributed by atoms with Crippen molar-refractivity contribution in [3.63, 3.8) is 0 Å². The summed E-state index contributed by atoms with van der Waals surface area (Å²) in [4.78, 5) is 25.7. The van der Waals surface area contributed by atoms with Gasteiger partial charge in [0.05, 0.1) is 5.56 Å². The SMILES string of the molecule is O=C(c1ccsc1)N1CCCC2(CCN(c3ncccn3)C2)C1. The summed E-state index contributed by atoms with van der Waals surface area (Å²) in [5.41, 5.74) is 1.02. The van der Waals surface area contributed by atoms with Crippen molar-refractivity contribution in [3.8, 4) is 0 Å². The van der Waals surface area contributed by atoms with E-state index in [2.05, 4.69) is 14.9 Å². The number of hydrogen-bond acceptors (Lipinski definition) is 5. The highest BCUT2D eigenvalue weighted by Gasteiger charge is 2.43. The molecule has 5 nitrogen and oxygen atoms in total. The number of thiophene rings is 1. The molecule has 0 aromatic carbocycles. The van der Waals surface area contributed by atoms with Crippen molar-refractivity contribution in [2.75, 3.05) is 31.1 Å². The molecular formula is C17H20N4OS. The third kappa shape index (κ3) is 2.83. The van der Waals surface area contributed by atoms with Crippen LogP contribution in [-0.2, 0) is 0 Å². The van der Waals surface area contributed by atoms with Crippen LogP contribution in [0.3, 0.4) is 0 Å². The summed E-state index contributed by atoms with van der Waals surface area (Å²) in [7, 11) is 0. The number of aromatic nitrogens is 2. The van der Waals surface area contributed by atoms with Crippen molar-refractivity contribution in [3.05, 3.63) is 40.8 Å². The molecule has 23 heavy (non-hydrogen) atoms. The van der Waals surface area contributed by atoms with E-state index in [1.165, 1.54) is 6.42 Å². The van der Waals surface area contributed by atoms with Crippen molar-refractivity contribution in [2.24, 2.45) is 5.41 Å². The van der Waals surface area contributed by atoms with Crippen molar-refractivity contribution < 1.29 is 4.79 Å². The van der Waals surface area contributed by atoms with Gasteiger partial charge in [-0.15, -0.1) is 0 Å². The summed E-state index contributed by atoms with van der Waals surface area (Å²) in [6.07, 6.45) is 6.96. The Bertz CT molecular complexity index is 675. The number of amides is 1. The Balaban J connectivity index is 1.48. The molecule has 6 heteroatoms. The first-order valence-electron chi connectivity index (χ1n) is 8.09. The van der Waals surface area contributed by atoms with Gasteiger partial charge in [0.25, 0.3) is 5.91 Å². The van der Waals surface area contributed by atoms with E-state index in [0.717, 1.165) is 50.5 Å². The molecule has 2 aliphatic heterocycles. The average Bonchev–Trinajstić information content (AvgIpc) is 3.26. The molecule has 1 amide bonds. The molecule has 0 N–H and O–H groups in total. The second-order valence-electron chi connectivity index (χ2n) is 6.56. The number of anilines is 1. The van der Waals surface area contributed by atoms with Gasteiger partial charge in [0.2, 0.25) is 5.95 Å². The van der Waals surface area contributed by atoms with E-state index in [9.17, 15) is 4.79 Å². The lowest BCUT2D eigenvalue weighted by Gasteiger charge is -2.40. The monoisotopic (exact) mass is 328 g/mol. The Labute approximate surface area is 140 Å². The quantitative estimate of drug-likeness (QED) is 0.850. The minimum Gasteiger partial charge on any atom is -0.340 e. The maximum Gasteiger partial charge on any atom is 0.254 e. The summed E-state index contributed by atoms with van der Waals surface area (Å²) < 4.78 is 0. The normalized spacial score (nSPS) is 24.3. The Morgan fingerprint density at radius 3 is 2.83 bits per heavy atom. The Morgan fingerprint density at radius 1 is 1.17 bits per heavy atom. The molecule has 0 saturated carbocycles. The summed E-state index contributed by atoms with van der Waals surface area (Å²) in [5, 5.41) is 3.92. The van der Waals surface area contributed by atoms with Crippen molar-refractivity contribution in [2.45, 2.75) is 19.3 Å². The fraction of sp³-hybridized carbons (Fsp3) is 0.471. The number of nitrogens with zero attached hydrogens (tertiary/aromatic N) is 4. The highest BCUT2D eigenvalue weighted by atomic mass is 32.1. The fourth-order valence-electron chi connectivity index (χ4n) is 3.84. The lowest BCUT2D eigenvalue weighted by atomic mass is 9.79. The van der Waals surface area contributed by atoms with E-state index >= 15 is 0 Å². The number of likely N-dealkylation sites (tertiary alicyclic amines) is 1. The standard InChI is InChI=1S/C17H20N4OS/c22-15(14-3-10-23-11-14)20-8-1-4-17(12-20)5-9-21(13-17)16-18-6-2-7-19-16/h2-3,6-7,10-11H,1,4-5,8-9,12-13H2. The van der Waals surface area contributed by atoms with Crippen LogP contribution in [0.5, 0.6) is 0 Å². The van der Waals surface area contributed by atoms with Crippen LogP contribution in [0.1, 0.15) is 29.6 Å². The second-order valence-corrected chi connectivity index (χ2v) is 7.34. The molecule has 2 aliphatic rings. The molecular weight excluding hydrogens is 308 g/mol.